The maximum Gasteiger partial charge on any atom is 0.161 e. The third kappa shape index (κ3) is 4.00. The van der Waals surface area contributed by atoms with Crippen LogP contribution < -0.4 is 20.0 Å². The number of benzene rings is 2. The molecule has 0 fully saturated rings. The Bertz CT molecular complexity index is 741. The number of carbonyl (C=O) groups is 1. The molecule has 0 aliphatic heterocycles. The molecule has 6 heteroatoms. The van der Waals surface area contributed by atoms with Gasteiger partial charge in [0.05, 0.1) is 31.6 Å². The van der Waals surface area contributed by atoms with Crippen molar-refractivity contribution in [3.8, 4) is 11.5 Å². The van der Waals surface area contributed by atoms with E-state index in [-0.39, 0.29) is 5.56 Å². The zero-order chi connectivity index (χ0) is 16.8. The summed E-state index contributed by atoms with van der Waals surface area (Å²) in [6.45, 7) is 1.83. The molecule has 0 saturated carbocycles. The Morgan fingerprint density at radius 3 is 2.43 bits per heavy atom. The van der Waals surface area contributed by atoms with Crippen molar-refractivity contribution in [2.75, 3.05) is 19.6 Å². The molecule has 23 heavy (non-hydrogen) atoms. The summed E-state index contributed by atoms with van der Waals surface area (Å²) in [5, 5.41) is 15.1. The average Bonchev–Trinajstić information content (AvgIpc) is 2.59. The van der Waals surface area contributed by atoms with Gasteiger partial charge >= 0.3 is 0 Å². The summed E-state index contributed by atoms with van der Waals surface area (Å²) < 4.78 is 10.5. The van der Waals surface area contributed by atoms with Crippen LogP contribution in [0.2, 0.25) is 0 Å². The molecule has 0 spiro atoms. The zero-order valence-corrected chi connectivity index (χ0v) is 13.1. The topological polar surface area (TPSA) is 83.0 Å². The van der Waals surface area contributed by atoms with Crippen LogP contribution in [-0.4, -0.2) is 25.9 Å². The van der Waals surface area contributed by atoms with Crippen molar-refractivity contribution >= 4 is 17.4 Å². The number of carbonyl (C=O) groups excluding carboxylic acids is 1. The number of aromatic carboxylic acids is 1. The third-order valence-electron chi connectivity index (χ3n) is 3.25. The predicted molar refractivity (Wildman–Crippen MR) is 86.2 cm³/mol. The van der Waals surface area contributed by atoms with Crippen molar-refractivity contribution in [1.82, 2.24) is 0 Å². The number of nitrogens with zero attached hydrogens (tertiary/aromatic N) is 1. The second kappa shape index (κ2) is 7.31. The Hall–Kier alpha value is -3.02. The molecule has 1 N–H and O–H groups in total. The van der Waals surface area contributed by atoms with Gasteiger partial charge in [0.1, 0.15) is 0 Å². The molecule has 2 aromatic carbocycles. The summed E-state index contributed by atoms with van der Waals surface area (Å²) in [5.41, 5.74) is 5.05. The van der Waals surface area contributed by atoms with Crippen LogP contribution in [0, 0.1) is 0 Å². The minimum atomic E-state index is -1.23. The average molecular weight is 313 g/mol. The summed E-state index contributed by atoms with van der Waals surface area (Å²) in [4.78, 5) is 10.8. The molecule has 6 nitrogen and oxygen atoms in total. The highest BCUT2D eigenvalue weighted by Gasteiger charge is 2.06. The Balaban J connectivity index is 2.20. The minimum Gasteiger partial charge on any atom is -0.545 e. The minimum absolute atomic E-state index is 0.0916. The van der Waals surface area contributed by atoms with Gasteiger partial charge < -0.3 is 19.4 Å². The Labute approximate surface area is 134 Å². The number of carboxylic acid groups (broad SMARTS) is 1. The molecule has 0 unspecified atom stereocenters. The van der Waals surface area contributed by atoms with E-state index >= 15 is 0 Å². The van der Waals surface area contributed by atoms with Gasteiger partial charge in [0.15, 0.2) is 11.5 Å². The molecule has 0 bridgehead atoms. The van der Waals surface area contributed by atoms with Crippen molar-refractivity contribution in [2.24, 2.45) is 5.10 Å². The van der Waals surface area contributed by atoms with E-state index in [0.29, 0.717) is 22.9 Å². The molecular formula is C17H17N2O4-. The van der Waals surface area contributed by atoms with Gasteiger partial charge in [-0.3, -0.25) is 5.43 Å². The number of nitrogens with one attached hydrogen (secondary N) is 1. The van der Waals surface area contributed by atoms with Crippen molar-refractivity contribution in [3.05, 3.63) is 53.6 Å². The molecule has 120 valence electrons. The lowest BCUT2D eigenvalue weighted by Crippen LogP contribution is -2.22. The molecule has 0 aliphatic carbocycles. The lowest BCUT2D eigenvalue weighted by atomic mass is 10.1. The molecule has 0 heterocycles. The first-order chi connectivity index (χ1) is 11.0. The van der Waals surface area contributed by atoms with Crippen LogP contribution in [0.25, 0.3) is 0 Å². The number of anilines is 1. The molecule has 0 saturated heterocycles. The lowest BCUT2D eigenvalue weighted by molar-refractivity contribution is -0.255. The zero-order valence-electron chi connectivity index (χ0n) is 13.1. The van der Waals surface area contributed by atoms with Crippen LogP contribution in [-0.2, 0) is 0 Å². The maximum absolute atomic E-state index is 10.8. The van der Waals surface area contributed by atoms with Crippen LogP contribution in [0.5, 0.6) is 11.5 Å². The highest BCUT2D eigenvalue weighted by atomic mass is 16.5. The second-order valence-electron chi connectivity index (χ2n) is 4.75. The van der Waals surface area contributed by atoms with Crippen molar-refractivity contribution in [1.29, 1.82) is 0 Å². The Morgan fingerprint density at radius 2 is 1.78 bits per heavy atom. The van der Waals surface area contributed by atoms with E-state index in [2.05, 4.69) is 10.5 Å². The van der Waals surface area contributed by atoms with Crippen LogP contribution >= 0.6 is 0 Å². The van der Waals surface area contributed by atoms with Crippen LogP contribution in [0.15, 0.2) is 47.6 Å². The Morgan fingerprint density at radius 1 is 1.04 bits per heavy atom. The quantitative estimate of drug-likeness (QED) is 0.650. The van der Waals surface area contributed by atoms with Gasteiger partial charge in [0.2, 0.25) is 0 Å². The second-order valence-corrected chi connectivity index (χ2v) is 4.75. The normalized spacial score (nSPS) is 11.0. The molecule has 2 aromatic rings. The predicted octanol–water partition coefficient (Wildman–Crippen LogP) is 1.90. The first-order valence-corrected chi connectivity index (χ1v) is 6.89. The number of hydrazone groups is 1. The van der Waals surface area contributed by atoms with Gasteiger partial charge in [-0.25, -0.2) is 0 Å². The van der Waals surface area contributed by atoms with Crippen LogP contribution in [0.4, 0.5) is 5.69 Å². The van der Waals surface area contributed by atoms with E-state index in [1.165, 1.54) is 12.1 Å². The monoisotopic (exact) mass is 313 g/mol. The van der Waals surface area contributed by atoms with Crippen molar-refractivity contribution < 1.29 is 19.4 Å². The van der Waals surface area contributed by atoms with Gasteiger partial charge in [-0.1, -0.05) is 12.1 Å². The molecule has 2 rings (SSSR count). The van der Waals surface area contributed by atoms with Gasteiger partial charge in [-0.15, -0.1) is 0 Å². The number of methoxy groups -OCH3 is 2. The standard InChI is InChI=1S/C17H18N2O4/c1-11(12-7-8-15(22-2)16(10-12)23-3)18-19-14-6-4-5-13(9-14)17(20)21/h4-10,19H,1-3H3,(H,20,21)/p-1/b18-11-. The molecule has 0 radical (unpaired) electrons. The van der Waals surface area contributed by atoms with Gasteiger partial charge in [-0.05, 0) is 42.8 Å². The highest BCUT2D eigenvalue weighted by Crippen LogP contribution is 2.27. The van der Waals surface area contributed by atoms with Gasteiger partial charge in [0.25, 0.3) is 0 Å². The molecule has 0 aromatic heterocycles. The molecular weight excluding hydrogens is 296 g/mol. The smallest absolute Gasteiger partial charge is 0.161 e. The Kier molecular flexibility index (Phi) is 5.19. The summed E-state index contributed by atoms with van der Waals surface area (Å²) in [5.74, 6) is 0.0198. The molecule has 0 aliphatic rings. The van der Waals surface area contributed by atoms with Crippen molar-refractivity contribution in [2.45, 2.75) is 6.92 Å². The van der Waals surface area contributed by atoms with E-state index in [1.807, 2.05) is 19.1 Å². The number of hydrogen-bond acceptors (Lipinski definition) is 6. The van der Waals surface area contributed by atoms with E-state index in [9.17, 15) is 9.90 Å². The summed E-state index contributed by atoms with van der Waals surface area (Å²) in [7, 11) is 3.14. The van der Waals surface area contributed by atoms with Gasteiger partial charge in [0, 0.05) is 5.56 Å². The largest absolute Gasteiger partial charge is 0.545 e. The first-order valence-electron chi connectivity index (χ1n) is 6.89. The molecule has 0 amide bonds. The number of hydrogen-bond donors (Lipinski definition) is 1. The van der Waals surface area contributed by atoms with E-state index in [0.717, 1.165) is 5.56 Å². The fourth-order valence-electron chi connectivity index (χ4n) is 1.99. The summed E-state index contributed by atoms with van der Waals surface area (Å²) >= 11 is 0. The van der Waals surface area contributed by atoms with Crippen molar-refractivity contribution in [3.63, 3.8) is 0 Å². The van der Waals surface area contributed by atoms with Crippen LogP contribution in [0.1, 0.15) is 22.8 Å². The molecule has 0 atom stereocenters. The van der Waals surface area contributed by atoms with E-state index in [1.54, 1.807) is 32.4 Å². The van der Waals surface area contributed by atoms with Gasteiger partial charge in [-0.2, -0.15) is 5.10 Å². The summed E-state index contributed by atoms with van der Waals surface area (Å²) in [6, 6.07) is 11.7. The lowest BCUT2D eigenvalue weighted by Gasteiger charge is -2.10. The number of rotatable bonds is 6. The highest BCUT2D eigenvalue weighted by molar-refractivity contribution is 5.99. The maximum atomic E-state index is 10.8. The SMILES string of the molecule is COc1ccc(/C(C)=N\Nc2cccc(C(=O)[O-])c2)cc1OC. The fraction of sp³-hybridized carbons (Fsp3) is 0.176. The number of ether oxygens (including phenoxy) is 2. The van der Waals surface area contributed by atoms with E-state index in [4.69, 9.17) is 9.47 Å². The third-order valence-corrected chi connectivity index (χ3v) is 3.25. The number of carboxylic acids is 1. The van der Waals surface area contributed by atoms with E-state index < -0.39 is 5.97 Å². The van der Waals surface area contributed by atoms with Crippen LogP contribution in [0.3, 0.4) is 0 Å². The first kappa shape index (κ1) is 16.4. The fourth-order valence-corrected chi connectivity index (χ4v) is 1.99. The summed E-state index contributed by atoms with van der Waals surface area (Å²) in [6.07, 6.45) is 0.